The second kappa shape index (κ2) is 7.67. The summed E-state index contributed by atoms with van der Waals surface area (Å²) in [5.74, 6) is -2.14. The van der Waals surface area contributed by atoms with Gasteiger partial charge in [-0.2, -0.15) is 0 Å². The summed E-state index contributed by atoms with van der Waals surface area (Å²) in [4.78, 5) is 32.6. The van der Waals surface area contributed by atoms with Crippen molar-refractivity contribution in [1.82, 2.24) is 4.98 Å². The Kier molecular flexibility index (Phi) is 4.96. The molecule has 5 rings (SSSR count). The van der Waals surface area contributed by atoms with Crippen molar-refractivity contribution in [2.24, 2.45) is 0 Å². The summed E-state index contributed by atoms with van der Waals surface area (Å²) in [5, 5.41) is 12.8. The van der Waals surface area contributed by atoms with Gasteiger partial charge in [0.05, 0.1) is 26.7 Å². The Balaban J connectivity index is 1.68. The Labute approximate surface area is 192 Å². The van der Waals surface area contributed by atoms with Crippen molar-refractivity contribution in [1.29, 1.82) is 0 Å². The van der Waals surface area contributed by atoms with Gasteiger partial charge in [0.25, 0.3) is 5.91 Å². The van der Waals surface area contributed by atoms with Gasteiger partial charge < -0.3 is 5.11 Å². The number of hydrogen-bond acceptors (Lipinski definition) is 6. The molecule has 0 spiro atoms. The van der Waals surface area contributed by atoms with Gasteiger partial charge in [-0.15, -0.1) is 11.3 Å². The lowest BCUT2D eigenvalue weighted by atomic mass is 9.96. The summed E-state index contributed by atoms with van der Waals surface area (Å²) in [6, 6.07) is 13.9. The Morgan fingerprint density at radius 2 is 1.94 bits per heavy atom. The molecule has 1 aliphatic rings. The summed E-state index contributed by atoms with van der Waals surface area (Å²) in [6.07, 6.45) is 0. The van der Waals surface area contributed by atoms with Gasteiger partial charge in [0.2, 0.25) is 5.78 Å². The van der Waals surface area contributed by atoms with Crippen molar-refractivity contribution in [3.8, 4) is 0 Å². The Bertz CT molecular complexity index is 1360. The number of Topliss-reactive ketones (excluding diaryl/α,β-unsaturated/α-hetero) is 1. The highest BCUT2D eigenvalue weighted by atomic mass is 79.9. The average Bonchev–Trinajstić information content (AvgIpc) is 3.47. The van der Waals surface area contributed by atoms with Crippen LogP contribution < -0.4 is 4.90 Å². The number of thiophene rings is 1. The van der Waals surface area contributed by atoms with Crippen LogP contribution in [0.4, 0.5) is 9.52 Å². The van der Waals surface area contributed by atoms with Gasteiger partial charge in [0.15, 0.2) is 10.9 Å². The van der Waals surface area contributed by atoms with Gasteiger partial charge in [-0.25, -0.2) is 9.37 Å². The van der Waals surface area contributed by atoms with Crippen LogP contribution in [0.5, 0.6) is 0 Å². The number of aliphatic hydroxyl groups is 1. The third-order valence-electron chi connectivity index (χ3n) is 4.93. The molecule has 1 amide bonds. The van der Waals surface area contributed by atoms with Crippen LogP contribution in [-0.2, 0) is 4.79 Å². The largest absolute Gasteiger partial charge is 0.503 e. The minimum Gasteiger partial charge on any atom is -0.503 e. The number of halogens is 2. The number of carbonyl (C=O) groups excluding carboxylic acids is 2. The number of thiazole rings is 1. The second-order valence-corrected chi connectivity index (χ2v) is 9.68. The first-order valence-electron chi connectivity index (χ1n) is 9.10. The van der Waals surface area contributed by atoms with E-state index in [-0.39, 0.29) is 10.7 Å². The Hall–Kier alpha value is -2.88. The van der Waals surface area contributed by atoms with Crippen LogP contribution in [0.15, 0.2) is 75.8 Å². The van der Waals surface area contributed by atoms with Crippen molar-refractivity contribution in [2.75, 3.05) is 4.90 Å². The van der Waals surface area contributed by atoms with Gasteiger partial charge >= 0.3 is 0 Å². The van der Waals surface area contributed by atoms with Crippen LogP contribution in [0.3, 0.4) is 0 Å². The monoisotopic (exact) mass is 514 g/mol. The highest BCUT2D eigenvalue weighted by molar-refractivity contribution is 9.10. The van der Waals surface area contributed by atoms with Crippen LogP contribution in [0.1, 0.15) is 21.3 Å². The van der Waals surface area contributed by atoms with Gasteiger partial charge in [-0.05, 0) is 47.3 Å². The number of carbonyl (C=O) groups is 2. The highest BCUT2D eigenvalue weighted by Gasteiger charge is 2.46. The molecule has 5 nitrogen and oxygen atoms in total. The molecule has 154 valence electrons. The van der Waals surface area contributed by atoms with E-state index in [0.717, 1.165) is 15.8 Å². The Morgan fingerprint density at radius 3 is 2.65 bits per heavy atom. The molecular weight excluding hydrogens is 503 g/mol. The average molecular weight is 515 g/mol. The van der Waals surface area contributed by atoms with Gasteiger partial charge in [-0.1, -0.05) is 45.5 Å². The normalized spacial score (nSPS) is 16.5. The standard InChI is InChI=1S/C22H12BrFN2O3S2/c23-12-5-3-11(4-6-12)18-17(19(27)15-2-1-9-30-15)20(28)21(29)26(18)22-25-14-8-7-13(24)10-16(14)31-22/h1-10,18,28H/t18-/m1/s1. The van der Waals surface area contributed by atoms with E-state index in [1.807, 2.05) is 0 Å². The minimum atomic E-state index is -0.861. The van der Waals surface area contributed by atoms with E-state index in [1.165, 1.54) is 34.4 Å². The van der Waals surface area contributed by atoms with Crippen LogP contribution in [0.2, 0.25) is 0 Å². The molecule has 0 radical (unpaired) electrons. The molecule has 2 aromatic heterocycles. The number of ketones is 1. The molecule has 4 aromatic rings. The number of rotatable bonds is 4. The zero-order chi connectivity index (χ0) is 21.7. The molecular formula is C22H12BrFN2O3S2. The number of hydrogen-bond donors (Lipinski definition) is 1. The van der Waals surface area contributed by atoms with E-state index >= 15 is 0 Å². The van der Waals surface area contributed by atoms with Crippen molar-refractivity contribution in [2.45, 2.75) is 6.04 Å². The topological polar surface area (TPSA) is 70.5 Å². The lowest BCUT2D eigenvalue weighted by Crippen LogP contribution is -2.30. The van der Waals surface area contributed by atoms with E-state index in [9.17, 15) is 19.1 Å². The predicted octanol–water partition coefficient (Wildman–Crippen LogP) is 6.04. The molecule has 1 atom stereocenters. The molecule has 1 N–H and O–H groups in total. The summed E-state index contributed by atoms with van der Waals surface area (Å²) in [7, 11) is 0. The van der Waals surface area contributed by atoms with Crippen molar-refractivity contribution >= 4 is 65.6 Å². The smallest absolute Gasteiger partial charge is 0.296 e. The molecule has 0 aliphatic carbocycles. The molecule has 0 fully saturated rings. The van der Waals surface area contributed by atoms with E-state index in [1.54, 1.807) is 41.8 Å². The molecule has 0 bridgehead atoms. The second-order valence-electron chi connectivity index (χ2n) is 6.81. The number of nitrogens with zero attached hydrogens (tertiary/aromatic N) is 2. The Morgan fingerprint density at radius 1 is 1.16 bits per heavy atom. The maximum Gasteiger partial charge on any atom is 0.296 e. The van der Waals surface area contributed by atoms with Crippen molar-refractivity contribution < 1.29 is 19.1 Å². The van der Waals surface area contributed by atoms with E-state index in [2.05, 4.69) is 20.9 Å². The predicted molar refractivity (Wildman–Crippen MR) is 122 cm³/mol. The lowest BCUT2D eigenvalue weighted by molar-refractivity contribution is -0.117. The number of amides is 1. The molecule has 31 heavy (non-hydrogen) atoms. The van der Waals surface area contributed by atoms with Gasteiger partial charge in [0, 0.05) is 4.47 Å². The molecule has 9 heteroatoms. The highest BCUT2D eigenvalue weighted by Crippen LogP contribution is 2.44. The van der Waals surface area contributed by atoms with Gasteiger partial charge in [-0.3, -0.25) is 14.5 Å². The van der Waals surface area contributed by atoms with Crippen LogP contribution in [0, 0.1) is 5.82 Å². The number of aromatic nitrogens is 1. The first-order chi connectivity index (χ1) is 14.9. The van der Waals surface area contributed by atoms with Crippen LogP contribution in [0.25, 0.3) is 10.2 Å². The first-order valence-corrected chi connectivity index (χ1v) is 11.6. The minimum absolute atomic E-state index is 0.000194. The number of anilines is 1. The SMILES string of the molecule is O=C(C1=C(O)C(=O)N(c2nc3ccc(F)cc3s2)[C@@H]1c1ccc(Br)cc1)c1cccs1. The molecule has 2 aromatic carbocycles. The molecule has 3 heterocycles. The van der Waals surface area contributed by atoms with Crippen LogP contribution >= 0.6 is 38.6 Å². The third-order valence-corrected chi connectivity index (χ3v) is 7.34. The quantitative estimate of drug-likeness (QED) is 0.337. The first kappa shape index (κ1) is 20.0. The molecule has 0 saturated carbocycles. The van der Waals surface area contributed by atoms with E-state index in [0.29, 0.717) is 20.7 Å². The zero-order valence-electron chi connectivity index (χ0n) is 15.6. The third kappa shape index (κ3) is 3.38. The van der Waals surface area contributed by atoms with Crippen LogP contribution in [-0.4, -0.2) is 21.8 Å². The number of benzene rings is 2. The van der Waals surface area contributed by atoms with Crippen molar-refractivity contribution in [3.05, 3.63) is 92.0 Å². The summed E-state index contributed by atoms with van der Waals surface area (Å²) >= 11 is 5.75. The fourth-order valence-corrected chi connectivity index (χ4v) is 5.48. The summed E-state index contributed by atoms with van der Waals surface area (Å²) < 4.78 is 15.1. The fraction of sp³-hybridized carbons (Fsp3) is 0.0455. The summed E-state index contributed by atoms with van der Waals surface area (Å²) in [5.41, 5.74) is 1.17. The fourth-order valence-electron chi connectivity index (χ4n) is 3.52. The summed E-state index contributed by atoms with van der Waals surface area (Å²) in [6.45, 7) is 0. The maximum absolute atomic E-state index is 13.7. The maximum atomic E-state index is 13.7. The lowest BCUT2D eigenvalue weighted by Gasteiger charge is -2.24. The van der Waals surface area contributed by atoms with Crippen molar-refractivity contribution in [3.63, 3.8) is 0 Å². The number of fused-ring (bicyclic) bond motifs is 1. The number of aliphatic hydroxyl groups excluding tert-OH is 1. The molecule has 1 aliphatic heterocycles. The van der Waals surface area contributed by atoms with E-state index < -0.39 is 29.3 Å². The van der Waals surface area contributed by atoms with E-state index in [4.69, 9.17) is 0 Å². The molecule has 0 unspecified atom stereocenters. The zero-order valence-corrected chi connectivity index (χ0v) is 18.8. The van der Waals surface area contributed by atoms with Gasteiger partial charge in [0.1, 0.15) is 5.82 Å². The molecule has 0 saturated heterocycles.